The van der Waals surface area contributed by atoms with Crippen LogP contribution in [0.5, 0.6) is 0 Å². The third-order valence-electron chi connectivity index (χ3n) is 2.74. The van der Waals surface area contributed by atoms with Gasteiger partial charge in [-0.25, -0.2) is 0 Å². The first-order valence-electron chi connectivity index (χ1n) is 6.20. The molecule has 0 bridgehead atoms. The second-order valence-electron chi connectivity index (χ2n) is 4.16. The number of carbonyl (C=O) groups excluding carboxylic acids is 1. The number of hydrogen-bond donors (Lipinski definition) is 1. The summed E-state index contributed by atoms with van der Waals surface area (Å²) >= 11 is 3.37. The summed E-state index contributed by atoms with van der Waals surface area (Å²) in [5, 5.41) is 2.91. The number of nitrogens with zero attached hydrogens (tertiary/aromatic N) is 1. The van der Waals surface area contributed by atoms with E-state index in [-0.39, 0.29) is 5.91 Å². The predicted molar refractivity (Wildman–Crippen MR) is 79.0 cm³/mol. The van der Waals surface area contributed by atoms with Crippen molar-refractivity contribution in [3.05, 3.63) is 64.4 Å². The maximum Gasteiger partial charge on any atom is 0.252 e. The van der Waals surface area contributed by atoms with Crippen LogP contribution in [-0.4, -0.2) is 17.4 Å². The molecule has 19 heavy (non-hydrogen) atoms. The van der Waals surface area contributed by atoms with Crippen molar-refractivity contribution in [1.29, 1.82) is 0 Å². The van der Waals surface area contributed by atoms with E-state index in [0.29, 0.717) is 12.1 Å². The van der Waals surface area contributed by atoms with Gasteiger partial charge in [-0.05, 0) is 53.0 Å². The van der Waals surface area contributed by atoms with Crippen LogP contribution < -0.4 is 5.32 Å². The topological polar surface area (TPSA) is 42.0 Å². The van der Waals surface area contributed by atoms with Crippen LogP contribution >= 0.6 is 15.9 Å². The lowest BCUT2D eigenvalue weighted by molar-refractivity contribution is 0.0952. The Kier molecular flexibility index (Phi) is 5.10. The molecule has 1 aromatic carbocycles. The number of halogens is 1. The van der Waals surface area contributed by atoms with Crippen molar-refractivity contribution >= 4 is 21.8 Å². The van der Waals surface area contributed by atoms with Gasteiger partial charge in [0.1, 0.15) is 0 Å². The molecule has 0 radical (unpaired) electrons. The molecule has 98 valence electrons. The molecule has 0 aliphatic carbocycles. The molecule has 0 unspecified atom stereocenters. The second kappa shape index (κ2) is 7.04. The van der Waals surface area contributed by atoms with Crippen LogP contribution in [0.15, 0.2) is 53.1 Å². The molecule has 0 saturated carbocycles. The number of nitrogens with one attached hydrogen (secondary N) is 1. The van der Waals surface area contributed by atoms with Gasteiger partial charge in [-0.1, -0.05) is 18.2 Å². The van der Waals surface area contributed by atoms with E-state index in [2.05, 4.69) is 26.2 Å². The Morgan fingerprint density at radius 3 is 2.68 bits per heavy atom. The van der Waals surface area contributed by atoms with Gasteiger partial charge in [0, 0.05) is 22.9 Å². The number of aryl methyl sites for hydroxylation is 1. The summed E-state index contributed by atoms with van der Waals surface area (Å²) in [6.07, 6.45) is 3.54. The minimum absolute atomic E-state index is 0.0477. The highest BCUT2D eigenvalue weighted by Crippen LogP contribution is 2.15. The lowest BCUT2D eigenvalue weighted by Gasteiger charge is -2.06. The first kappa shape index (κ1) is 13.7. The number of aromatic nitrogens is 1. The van der Waals surface area contributed by atoms with Crippen LogP contribution in [0.1, 0.15) is 22.5 Å². The zero-order valence-corrected chi connectivity index (χ0v) is 12.1. The fourth-order valence-corrected chi connectivity index (χ4v) is 2.22. The summed E-state index contributed by atoms with van der Waals surface area (Å²) in [4.78, 5) is 16.2. The quantitative estimate of drug-likeness (QED) is 0.860. The lowest BCUT2D eigenvalue weighted by atomic mass is 10.2. The maximum absolute atomic E-state index is 11.9. The molecule has 3 nitrogen and oxygen atoms in total. The average Bonchev–Trinajstić information content (AvgIpc) is 2.45. The largest absolute Gasteiger partial charge is 0.352 e. The fourth-order valence-electron chi connectivity index (χ4n) is 1.76. The van der Waals surface area contributed by atoms with Crippen molar-refractivity contribution in [3.63, 3.8) is 0 Å². The van der Waals surface area contributed by atoms with Gasteiger partial charge in [0.2, 0.25) is 0 Å². The summed E-state index contributed by atoms with van der Waals surface area (Å²) in [7, 11) is 0. The van der Waals surface area contributed by atoms with E-state index in [0.717, 1.165) is 23.0 Å². The smallest absolute Gasteiger partial charge is 0.252 e. The third kappa shape index (κ3) is 4.17. The highest BCUT2D eigenvalue weighted by atomic mass is 79.9. The SMILES string of the molecule is O=C(NCCCc1ccccn1)c1ccccc1Br. The van der Waals surface area contributed by atoms with E-state index < -0.39 is 0 Å². The van der Waals surface area contributed by atoms with Crippen molar-refractivity contribution in [2.75, 3.05) is 6.54 Å². The molecule has 1 heterocycles. The van der Waals surface area contributed by atoms with Gasteiger partial charge in [-0.15, -0.1) is 0 Å². The minimum Gasteiger partial charge on any atom is -0.352 e. The Morgan fingerprint density at radius 2 is 1.95 bits per heavy atom. The zero-order chi connectivity index (χ0) is 13.5. The summed E-state index contributed by atoms with van der Waals surface area (Å²) in [5.74, 6) is -0.0477. The van der Waals surface area contributed by atoms with Gasteiger partial charge >= 0.3 is 0 Å². The monoisotopic (exact) mass is 318 g/mol. The Hall–Kier alpha value is -1.68. The number of amides is 1. The molecule has 2 rings (SSSR count). The number of pyridine rings is 1. The van der Waals surface area contributed by atoms with Gasteiger partial charge in [-0.2, -0.15) is 0 Å². The normalized spacial score (nSPS) is 10.2. The van der Waals surface area contributed by atoms with Crippen LogP contribution in [-0.2, 0) is 6.42 Å². The number of carbonyl (C=O) groups is 1. The molecule has 0 aliphatic heterocycles. The Balaban J connectivity index is 1.77. The van der Waals surface area contributed by atoms with Gasteiger partial charge < -0.3 is 5.32 Å². The van der Waals surface area contributed by atoms with Gasteiger partial charge in [0.25, 0.3) is 5.91 Å². The predicted octanol–water partition coefficient (Wildman–Crippen LogP) is 3.21. The molecule has 0 atom stereocenters. The molecule has 4 heteroatoms. The first-order chi connectivity index (χ1) is 9.27. The summed E-state index contributed by atoms with van der Waals surface area (Å²) in [6.45, 7) is 0.650. The summed E-state index contributed by atoms with van der Waals surface area (Å²) < 4.78 is 0.817. The van der Waals surface area contributed by atoms with Crippen LogP contribution in [0.3, 0.4) is 0 Å². The van der Waals surface area contributed by atoms with Gasteiger partial charge in [0.05, 0.1) is 5.56 Å². The van der Waals surface area contributed by atoms with E-state index in [1.54, 1.807) is 12.3 Å². The number of hydrogen-bond acceptors (Lipinski definition) is 2. The van der Waals surface area contributed by atoms with Crippen molar-refractivity contribution in [2.24, 2.45) is 0 Å². The standard InChI is InChI=1S/C15H15BrN2O/c16-14-9-2-1-8-13(14)15(19)18-11-5-7-12-6-3-4-10-17-12/h1-4,6,8-10H,5,7,11H2,(H,18,19). The van der Waals surface area contributed by atoms with Crippen molar-refractivity contribution in [1.82, 2.24) is 10.3 Å². The third-order valence-corrected chi connectivity index (χ3v) is 3.43. The molecular weight excluding hydrogens is 304 g/mol. The molecular formula is C15H15BrN2O. The maximum atomic E-state index is 11.9. The Labute approximate surface area is 121 Å². The second-order valence-corrected chi connectivity index (χ2v) is 5.01. The summed E-state index contributed by atoms with van der Waals surface area (Å²) in [6, 6.07) is 13.3. The highest BCUT2D eigenvalue weighted by molar-refractivity contribution is 9.10. The van der Waals surface area contributed by atoms with Crippen LogP contribution in [0.2, 0.25) is 0 Å². The molecule has 0 spiro atoms. The first-order valence-corrected chi connectivity index (χ1v) is 6.99. The van der Waals surface area contributed by atoms with E-state index in [4.69, 9.17) is 0 Å². The van der Waals surface area contributed by atoms with Gasteiger partial charge in [0.15, 0.2) is 0 Å². The molecule has 1 amide bonds. The molecule has 1 aromatic heterocycles. The fraction of sp³-hybridized carbons (Fsp3) is 0.200. The number of rotatable bonds is 5. The number of benzene rings is 1. The molecule has 1 N–H and O–H groups in total. The van der Waals surface area contributed by atoms with Crippen molar-refractivity contribution in [3.8, 4) is 0 Å². The molecule has 0 saturated heterocycles. The lowest BCUT2D eigenvalue weighted by Crippen LogP contribution is -2.25. The van der Waals surface area contributed by atoms with Gasteiger partial charge in [-0.3, -0.25) is 9.78 Å². The van der Waals surface area contributed by atoms with E-state index >= 15 is 0 Å². The summed E-state index contributed by atoms with van der Waals surface area (Å²) in [5.41, 5.74) is 1.72. The average molecular weight is 319 g/mol. The Bertz CT molecular complexity index is 543. The highest BCUT2D eigenvalue weighted by Gasteiger charge is 2.07. The van der Waals surface area contributed by atoms with Crippen LogP contribution in [0.25, 0.3) is 0 Å². The van der Waals surface area contributed by atoms with E-state index in [1.807, 2.05) is 36.4 Å². The van der Waals surface area contributed by atoms with Crippen molar-refractivity contribution in [2.45, 2.75) is 12.8 Å². The van der Waals surface area contributed by atoms with E-state index in [1.165, 1.54) is 0 Å². The Morgan fingerprint density at radius 1 is 1.16 bits per heavy atom. The zero-order valence-electron chi connectivity index (χ0n) is 10.5. The minimum atomic E-state index is -0.0477. The molecule has 2 aromatic rings. The van der Waals surface area contributed by atoms with Crippen LogP contribution in [0, 0.1) is 0 Å². The van der Waals surface area contributed by atoms with Crippen LogP contribution in [0.4, 0.5) is 0 Å². The van der Waals surface area contributed by atoms with Crippen molar-refractivity contribution < 1.29 is 4.79 Å². The van der Waals surface area contributed by atoms with E-state index in [9.17, 15) is 4.79 Å². The molecule has 0 aliphatic rings. The molecule has 0 fully saturated rings.